The highest BCUT2D eigenvalue weighted by molar-refractivity contribution is 5.97. The van der Waals surface area contributed by atoms with Gasteiger partial charge < -0.3 is 10.2 Å². The predicted octanol–water partition coefficient (Wildman–Crippen LogP) is 0.762. The van der Waals surface area contributed by atoms with Gasteiger partial charge in [-0.25, -0.2) is 5.48 Å². The standard InChI is InChI=1S/C14H21N3O3/c1-4-12(14(19)16-20)15-13(18)11-7-5-6-10(8-11)9-17(2)3/h5-8,12,20H,4,9H2,1-3H3,(H,15,18)(H,16,19)/t12-/m0/s1. The molecule has 0 radical (unpaired) electrons. The molecule has 6 heteroatoms. The quantitative estimate of drug-likeness (QED) is 0.530. The van der Waals surface area contributed by atoms with E-state index in [1.54, 1.807) is 30.6 Å². The van der Waals surface area contributed by atoms with Gasteiger partial charge in [0.05, 0.1) is 0 Å². The van der Waals surface area contributed by atoms with Crippen LogP contribution in [0, 0.1) is 0 Å². The van der Waals surface area contributed by atoms with Crippen molar-refractivity contribution < 1.29 is 14.8 Å². The smallest absolute Gasteiger partial charge is 0.265 e. The van der Waals surface area contributed by atoms with Crippen LogP contribution in [0.3, 0.4) is 0 Å². The molecule has 1 aromatic rings. The monoisotopic (exact) mass is 279 g/mol. The summed E-state index contributed by atoms with van der Waals surface area (Å²) in [6.07, 6.45) is 0.398. The topological polar surface area (TPSA) is 81.7 Å². The Morgan fingerprint density at radius 2 is 2.05 bits per heavy atom. The second-order valence-corrected chi connectivity index (χ2v) is 4.85. The van der Waals surface area contributed by atoms with Crippen molar-refractivity contribution in [2.45, 2.75) is 25.9 Å². The van der Waals surface area contributed by atoms with Crippen molar-refractivity contribution in [1.82, 2.24) is 15.7 Å². The van der Waals surface area contributed by atoms with Gasteiger partial charge in [0.2, 0.25) is 0 Å². The van der Waals surface area contributed by atoms with Gasteiger partial charge in [0.1, 0.15) is 6.04 Å². The second-order valence-electron chi connectivity index (χ2n) is 4.85. The van der Waals surface area contributed by atoms with E-state index >= 15 is 0 Å². The molecule has 0 unspecified atom stereocenters. The first kappa shape index (κ1) is 16.1. The average molecular weight is 279 g/mol. The first-order chi connectivity index (χ1) is 9.47. The van der Waals surface area contributed by atoms with Gasteiger partial charge in [0, 0.05) is 12.1 Å². The third-order valence-electron chi connectivity index (χ3n) is 2.83. The van der Waals surface area contributed by atoms with Gasteiger partial charge in [-0.1, -0.05) is 19.1 Å². The normalized spacial score (nSPS) is 12.1. The minimum Gasteiger partial charge on any atom is -0.340 e. The minimum atomic E-state index is -0.745. The number of hydrogen-bond donors (Lipinski definition) is 3. The molecular formula is C14H21N3O3. The number of hydrogen-bond acceptors (Lipinski definition) is 4. The van der Waals surface area contributed by atoms with E-state index in [9.17, 15) is 9.59 Å². The lowest BCUT2D eigenvalue weighted by atomic mass is 10.1. The van der Waals surface area contributed by atoms with E-state index < -0.39 is 11.9 Å². The van der Waals surface area contributed by atoms with Gasteiger partial charge >= 0.3 is 0 Å². The largest absolute Gasteiger partial charge is 0.340 e. The third-order valence-corrected chi connectivity index (χ3v) is 2.83. The number of amides is 2. The molecule has 0 bridgehead atoms. The molecule has 0 spiro atoms. The maximum absolute atomic E-state index is 12.1. The molecule has 1 rings (SSSR count). The molecule has 0 saturated carbocycles. The molecule has 2 amide bonds. The molecule has 0 aliphatic heterocycles. The molecule has 0 aromatic heterocycles. The Hall–Kier alpha value is -1.92. The molecule has 0 saturated heterocycles. The Morgan fingerprint density at radius 1 is 1.35 bits per heavy atom. The summed E-state index contributed by atoms with van der Waals surface area (Å²) in [4.78, 5) is 25.4. The maximum atomic E-state index is 12.1. The van der Waals surface area contributed by atoms with Crippen LogP contribution in [-0.2, 0) is 11.3 Å². The lowest BCUT2D eigenvalue weighted by Crippen LogP contribution is -2.45. The highest BCUT2D eigenvalue weighted by Gasteiger charge is 2.19. The lowest BCUT2D eigenvalue weighted by molar-refractivity contribution is -0.131. The summed E-state index contributed by atoms with van der Waals surface area (Å²) in [7, 11) is 3.90. The van der Waals surface area contributed by atoms with Crippen molar-refractivity contribution in [2.24, 2.45) is 0 Å². The van der Waals surface area contributed by atoms with Crippen LogP contribution in [0.25, 0.3) is 0 Å². The van der Waals surface area contributed by atoms with Gasteiger partial charge in [0.25, 0.3) is 11.8 Å². The highest BCUT2D eigenvalue weighted by atomic mass is 16.5. The molecule has 110 valence electrons. The van der Waals surface area contributed by atoms with Crippen molar-refractivity contribution in [3.05, 3.63) is 35.4 Å². The number of carbonyl (C=O) groups excluding carboxylic acids is 2. The summed E-state index contributed by atoms with van der Waals surface area (Å²) in [6.45, 7) is 2.48. The number of rotatable bonds is 6. The Bertz CT molecular complexity index is 474. The highest BCUT2D eigenvalue weighted by Crippen LogP contribution is 2.07. The zero-order chi connectivity index (χ0) is 15.1. The number of nitrogens with one attached hydrogen (secondary N) is 2. The van der Waals surface area contributed by atoms with Gasteiger partial charge in [-0.2, -0.15) is 0 Å². The number of hydroxylamine groups is 1. The maximum Gasteiger partial charge on any atom is 0.265 e. The fourth-order valence-corrected chi connectivity index (χ4v) is 1.85. The van der Waals surface area contributed by atoms with Crippen molar-refractivity contribution >= 4 is 11.8 Å². The van der Waals surface area contributed by atoms with Crippen LogP contribution in [0.15, 0.2) is 24.3 Å². The number of benzene rings is 1. The fourth-order valence-electron chi connectivity index (χ4n) is 1.85. The lowest BCUT2D eigenvalue weighted by Gasteiger charge is -2.15. The van der Waals surface area contributed by atoms with Crippen LogP contribution in [0.4, 0.5) is 0 Å². The second kappa shape index (κ2) is 7.62. The van der Waals surface area contributed by atoms with E-state index in [1.165, 1.54) is 0 Å². The van der Waals surface area contributed by atoms with Crippen molar-refractivity contribution in [1.29, 1.82) is 0 Å². The average Bonchev–Trinajstić information content (AvgIpc) is 2.43. The van der Waals surface area contributed by atoms with E-state index in [4.69, 9.17) is 5.21 Å². The number of nitrogens with zero attached hydrogens (tertiary/aromatic N) is 1. The molecule has 3 N–H and O–H groups in total. The summed E-state index contributed by atoms with van der Waals surface area (Å²) < 4.78 is 0. The Morgan fingerprint density at radius 3 is 2.60 bits per heavy atom. The minimum absolute atomic E-state index is 0.332. The molecule has 0 heterocycles. The first-order valence-corrected chi connectivity index (χ1v) is 6.46. The van der Waals surface area contributed by atoms with Crippen molar-refractivity contribution in [3.8, 4) is 0 Å². The fraction of sp³-hybridized carbons (Fsp3) is 0.429. The van der Waals surface area contributed by atoms with Crippen LogP contribution >= 0.6 is 0 Å². The van der Waals surface area contributed by atoms with Crippen LogP contribution in [0.5, 0.6) is 0 Å². The summed E-state index contributed by atoms with van der Waals surface area (Å²) in [5.41, 5.74) is 3.06. The van der Waals surface area contributed by atoms with Gasteiger partial charge in [-0.05, 0) is 38.2 Å². The van der Waals surface area contributed by atoms with E-state index in [0.717, 1.165) is 12.1 Å². The first-order valence-electron chi connectivity index (χ1n) is 6.46. The van der Waals surface area contributed by atoms with Crippen molar-refractivity contribution in [2.75, 3.05) is 14.1 Å². The molecule has 1 atom stereocenters. The summed E-state index contributed by atoms with van der Waals surface area (Å²) in [5.74, 6) is -0.952. The SMILES string of the molecule is CC[C@H](NC(=O)c1cccc(CN(C)C)c1)C(=O)NO. The molecular weight excluding hydrogens is 258 g/mol. The van der Waals surface area contributed by atoms with Crippen LogP contribution < -0.4 is 10.8 Å². The van der Waals surface area contributed by atoms with Crippen molar-refractivity contribution in [3.63, 3.8) is 0 Å². The predicted molar refractivity (Wildman–Crippen MR) is 75.3 cm³/mol. The molecule has 0 aliphatic rings. The summed E-state index contributed by atoms with van der Waals surface area (Å²) in [5, 5.41) is 11.2. The van der Waals surface area contributed by atoms with E-state index in [2.05, 4.69) is 5.32 Å². The summed E-state index contributed by atoms with van der Waals surface area (Å²) in [6, 6.07) is 6.48. The summed E-state index contributed by atoms with van der Waals surface area (Å²) >= 11 is 0. The van der Waals surface area contributed by atoms with Gasteiger partial charge in [-0.3, -0.25) is 14.8 Å². The Balaban J connectivity index is 2.78. The van der Waals surface area contributed by atoms with Crippen LogP contribution in [0.1, 0.15) is 29.3 Å². The van der Waals surface area contributed by atoms with E-state index in [1.807, 2.05) is 25.1 Å². The van der Waals surface area contributed by atoms with Gasteiger partial charge in [-0.15, -0.1) is 0 Å². The van der Waals surface area contributed by atoms with Gasteiger partial charge in [0.15, 0.2) is 0 Å². The van der Waals surface area contributed by atoms with Crippen LogP contribution in [-0.4, -0.2) is 42.1 Å². The third kappa shape index (κ3) is 4.64. The molecule has 6 nitrogen and oxygen atoms in total. The Kier molecular flexibility index (Phi) is 6.14. The van der Waals surface area contributed by atoms with E-state index in [-0.39, 0.29) is 5.91 Å². The molecule has 0 aliphatic carbocycles. The Labute approximate surface area is 118 Å². The molecule has 20 heavy (non-hydrogen) atoms. The molecule has 0 fully saturated rings. The zero-order valence-corrected chi connectivity index (χ0v) is 12.0. The van der Waals surface area contributed by atoms with Crippen LogP contribution in [0.2, 0.25) is 0 Å². The number of carbonyl (C=O) groups is 2. The molecule has 1 aromatic carbocycles. The van der Waals surface area contributed by atoms with E-state index in [0.29, 0.717) is 12.0 Å². The zero-order valence-electron chi connectivity index (χ0n) is 12.0.